The zero-order valence-corrected chi connectivity index (χ0v) is 10.8. The van der Waals surface area contributed by atoms with Gasteiger partial charge in [-0.1, -0.05) is 5.21 Å². The molecule has 0 aromatic carbocycles. The van der Waals surface area contributed by atoms with Crippen LogP contribution in [0.3, 0.4) is 0 Å². The van der Waals surface area contributed by atoms with Gasteiger partial charge in [0.1, 0.15) is 5.01 Å². The third kappa shape index (κ3) is 3.61. The first-order chi connectivity index (χ1) is 8.28. The van der Waals surface area contributed by atoms with Crippen LogP contribution in [-0.4, -0.2) is 26.5 Å². The molecule has 0 saturated carbocycles. The molecular weight excluding hydrogens is 234 g/mol. The average molecular weight is 251 g/mol. The lowest BCUT2D eigenvalue weighted by atomic mass is 10.2. The van der Waals surface area contributed by atoms with Gasteiger partial charge in [0.25, 0.3) is 0 Å². The fourth-order valence-corrected chi connectivity index (χ4v) is 2.36. The number of rotatable bonds is 6. The molecule has 2 N–H and O–H groups in total. The molecule has 2 heterocycles. The number of aromatic nitrogens is 4. The Hall–Kier alpha value is -1.27. The van der Waals surface area contributed by atoms with Crippen molar-refractivity contribution >= 4 is 11.3 Å². The van der Waals surface area contributed by atoms with Crippen LogP contribution >= 0.6 is 11.3 Å². The van der Waals surface area contributed by atoms with Gasteiger partial charge in [0.05, 0.1) is 12.2 Å². The Bertz CT molecular complexity index is 462. The van der Waals surface area contributed by atoms with Gasteiger partial charge in [-0.15, -0.1) is 16.4 Å². The van der Waals surface area contributed by atoms with E-state index in [9.17, 15) is 0 Å². The normalized spacial score (nSPS) is 10.9. The summed E-state index contributed by atoms with van der Waals surface area (Å²) in [6.45, 7) is 3.45. The third-order valence-corrected chi connectivity index (χ3v) is 3.39. The van der Waals surface area contributed by atoms with Gasteiger partial charge in [-0.25, -0.2) is 9.67 Å². The van der Waals surface area contributed by atoms with Gasteiger partial charge in [0.2, 0.25) is 0 Å². The molecular formula is C11H17N5S. The molecule has 92 valence electrons. The number of unbranched alkanes of at least 4 members (excludes halogenated alkanes) is 1. The summed E-state index contributed by atoms with van der Waals surface area (Å²) in [4.78, 5) is 4.40. The van der Waals surface area contributed by atoms with Crippen LogP contribution in [-0.2, 0) is 13.0 Å². The van der Waals surface area contributed by atoms with E-state index in [1.54, 1.807) is 11.3 Å². The molecule has 0 amide bonds. The Kier molecular flexibility index (Phi) is 4.22. The first kappa shape index (κ1) is 12.2. The van der Waals surface area contributed by atoms with E-state index < -0.39 is 0 Å². The summed E-state index contributed by atoms with van der Waals surface area (Å²) >= 11 is 1.66. The molecule has 0 fully saturated rings. The second-order valence-corrected chi connectivity index (χ2v) is 4.98. The molecule has 0 spiro atoms. The minimum Gasteiger partial charge on any atom is -0.330 e. The fraction of sp³-hybridized carbons (Fsp3) is 0.545. The van der Waals surface area contributed by atoms with Gasteiger partial charge >= 0.3 is 0 Å². The van der Waals surface area contributed by atoms with E-state index in [2.05, 4.69) is 20.7 Å². The predicted octanol–water partition coefficient (Wildman–Crippen LogP) is 1.37. The summed E-state index contributed by atoms with van der Waals surface area (Å²) in [5, 5.41) is 11.4. The fourth-order valence-electron chi connectivity index (χ4n) is 1.59. The van der Waals surface area contributed by atoms with E-state index in [1.807, 2.05) is 17.8 Å². The highest BCUT2D eigenvalue weighted by atomic mass is 32.1. The molecule has 2 aromatic rings. The van der Waals surface area contributed by atoms with Crippen LogP contribution in [0, 0.1) is 6.92 Å². The SMILES string of the molecule is Cc1csc(Cn2cc(CCCCN)nn2)n1. The van der Waals surface area contributed by atoms with Crippen molar-refractivity contribution in [2.45, 2.75) is 32.7 Å². The summed E-state index contributed by atoms with van der Waals surface area (Å²) in [5.74, 6) is 0. The van der Waals surface area contributed by atoms with Gasteiger partial charge < -0.3 is 5.73 Å². The number of thiazole rings is 1. The van der Waals surface area contributed by atoms with Crippen LogP contribution in [0.5, 0.6) is 0 Å². The maximum atomic E-state index is 5.45. The Balaban J connectivity index is 1.89. The lowest BCUT2D eigenvalue weighted by Gasteiger charge is -1.95. The second kappa shape index (κ2) is 5.88. The van der Waals surface area contributed by atoms with Crippen LogP contribution in [0.2, 0.25) is 0 Å². The molecule has 6 heteroatoms. The van der Waals surface area contributed by atoms with Crippen LogP contribution < -0.4 is 5.73 Å². The molecule has 17 heavy (non-hydrogen) atoms. The van der Waals surface area contributed by atoms with Crippen LogP contribution in [0.1, 0.15) is 29.2 Å². The van der Waals surface area contributed by atoms with Gasteiger partial charge in [0.15, 0.2) is 0 Å². The van der Waals surface area contributed by atoms with Gasteiger partial charge in [0, 0.05) is 17.3 Å². The Morgan fingerprint density at radius 2 is 2.29 bits per heavy atom. The zero-order chi connectivity index (χ0) is 12.1. The summed E-state index contributed by atoms with van der Waals surface area (Å²) in [6, 6.07) is 0. The number of hydrogen-bond acceptors (Lipinski definition) is 5. The summed E-state index contributed by atoms with van der Waals surface area (Å²) < 4.78 is 1.84. The van der Waals surface area contributed by atoms with Gasteiger partial charge in [-0.3, -0.25) is 0 Å². The van der Waals surface area contributed by atoms with Crippen molar-refractivity contribution in [3.05, 3.63) is 28.0 Å². The molecule has 5 nitrogen and oxygen atoms in total. The monoisotopic (exact) mass is 251 g/mol. The minimum atomic E-state index is 0.711. The number of aryl methyl sites for hydroxylation is 2. The summed E-state index contributed by atoms with van der Waals surface area (Å²) in [7, 11) is 0. The number of nitrogens with zero attached hydrogens (tertiary/aromatic N) is 4. The van der Waals surface area contributed by atoms with Crippen molar-refractivity contribution in [3.8, 4) is 0 Å². The van der Waals surface area contributed by atoms with E-state index in [-0.39, 0.29) is 0 Å². The van der Waals surface area contributed by atoms with E-state index in [0.29, 0.717) is 6.54 Å². The van der Waals surface area contributed by atoms with Crippen molar-refractivity contribution in [3.63, 3.8) is 0 Å². The topological polar surface area (TPSA) is 69.6 Å². The maximum absolute atomic E-state index is 5.45. The highest BCUT2D eigenvalue weighted by Crippen LogP contribution is 2.10. The van der Waals surface area contributed by atoms with Crippen molar-refractivity contribution in [2.75, 3.05) is 6.54 Å². The third-order valence-electron chi connectivity index (χ3n) is 2.44. The van der Waals surface area contributed by atoms with Crippen molar-refractivity contribution in [1.82, 2.24) is 20.0 Å². The zero-order valence-electron chi connectivity index (χ0n) is 9.96. The molecule has 0 saturated heterocycles. The molecule has 0 aliphatic rings. The lowest BCUT2D eigenvalue weighted by molar-refractivity contribution is 0.645. The molecule has 2 aromatic heterocycles. The Labute approximate surface area is 105 Å². The van der Waals surface area contributed by atoms with Crippen LogP contribution in [0.15, 0.2) is 11.6 Å². The number of hydrogen-bond donors (Lipinski definition) is 1. The van der Waals surface area contributed by atoms with Crippen molar-refractivity contribution < 1.29 is 0 Å². The van der Waals surface area contributed by atoms with Crippen molar-refractivity contribution in [1.29, 1.82) is 0 Å². The Morgan fingerprint density at radius 3 is 3.00 bits per heavy atom. The molecule has 0 aliphatic heterocycles. The van der Waals surface area contributed by atoms with Crippen molar-refractivity contribution in [2.24, 2.45) is 5.73 Å². The molecule has 0 radical (unpaired) electrons. The first-order valence-corrected chi connectivity index (χ1v) is 6.66. The summed E-state index contributed by atoms with van der Waals surface area (Å²) in [6.07, 6.45) is 5.06. The molecule has 0 bridgehead atoms. The molecule has 0 aliphatic carbocycles. The van der Waals surface area contributed by atoms with E-state index >= 15 is 0 Å². The van der Waals surface area contributed by atoms with Crippen LogP contribution in [0.4, 0.5) is 0 Å². The van der Waals surface area contributed by atoms with E-state index in [4.69, 9.17) is 5.73 Å². The average Bonchev–Trinajstić information content (AvgIpc) is 2.90. The first-order valence-electron chi connectivity index (χ1n) is 5.78. The quantitative estimate of drug-likeness (QED) is 0.787. The highest BCUT2D eigenvalue weighted by molar-refractivity contribution is 7.09. The molecule has 0 unspecified atom stereocenters. The number of nitrogens with two attached hydrogens (primary N) is 1. The lowest BCUT2D eigenvalue weighted by Crippen LogP contribution is -2.00. The predicted molar refractivity (Wildman–Crippen MR) is 68.0 cm³/mol. The molecule has 2 rings (SSSR count). The van der Waals surface area contributed by atoms with Crippen LogP contribution in [0.25, 0.3) is 0 Å². The van der Waals surface area contributed by atoms with Gasteiger partial charge in [-0.05, 0) is 32.7 Å². The Morgan fingerprint density at radius 1 is 1.41 bits per heavy atom. The largest absolute Gasteiger partial charge is 0.330 e. The van der Waals surface area contributed by atoms with Gasteiger partial charge in [-0.2, -0.15) is 0 Å². The van der Waals surface area contributed by atoms with E-state index in [1.165, 1.54) is 0 Å². The standard InChI is InChI=1S/C11H17N5S/c1-9-8-17-11(13-9)7-16-6-10(14-15-16)4-2-3-5-12/h6,8H,2-5,7,12H2,1H3. The second-order valence-electron chi connectivity index (χ2n) is 4.04. The summed E-state index contributed by atoms with van der Waals surface area (Å²) in [5.41, 5.74) is 7.55. The highest BCUT2D eigenvalue weighted by Gasteiger charge is 2.03. The minimum absolute atomic E-state index is 0.711. The molecule has 0 atom stereocenters. The van der Waals surface area contributed by atoms with E-state index in [0.717, 1.165) is 42.2 Å². The maximum Gasteiger partial charge on any atom is 0.114 e. The smallest absolute Gasteiger partial charge is 0.114 e.